The number of ether oxygens (including phenoxy) is 2. The molecule has 0 aromatic heterocycles. The molecule has 2 aromatic rings. The Kier molecular flexibility index (Phi) is 5.14. The van der Waals surface area contributed by atoms with Crippen molar-refractivity contribution in [3.63, 3.8) is 0 Å². The van der Waals surface area contributed by atoms with E-state index >= 15 is 0 Å². The second-order valence-corrected chi connectivity index (χ2v) is 7.07. The zero-order valence-electron chi connectivity index (χ0n) is 15.1. The summed E-state index contributed by atoms with van der Waals surface area (Å²) >= 11 is 0. The Balaban J connectivity index is 1.20. The molecule has 2 aliphatic rings. The molecular formula is C21H23FN2O3. The summed E-state index contributed by atoms with van der Waals surface area (Å²) in [4.78, 5) is 14.4. The van der Waals surface area contributed by atoms with Crippen LogP contribution in [0.3, 0.4) is 0 Å². The molecule has 4 rings (SSSR count). The van der Waals surface area contributed by atoms with Gasteiger partial charge in [0.05, 0.1) is 0 Å². The van der Waals surface area contributed by atoms with Crippen molar-refractivity contribution >= 4 is 11.6 Å². The molecule has 2 aliphatic heterocycles. The fourth-order valence-corrected chi connectivity index (χ4v) is 3.59. The predicted molar refractivity (Wildman–Crippen MR) is 101 cm³/mol. The Hall–Kier alpha value is -2.76. The van der Waals surface area contributed by atoms with E-state index < -0.39 is 0 Å². The van der Waals surface area contributed by atoms with Crippen molar-refractivity contribution in [3.8, 4) is 11.5 Å². The van der Waals surface area contributed by atoms with E-state index in [1.807, 2.05) is 30.3 Å². The molecule has 0 radical (unpaired) electrons. The highest BCUT2D eigenvalue weighted by Gasteiger charge is 2.23. The summed E-state index contributed by atoms with van der Waals surface area (Å²) in [6.07, 6.45) is 2.16. The number of nitrogens with one attached hydrogen (secondary N) is 1. The van der Waals surface area contributed by atoms with E-state index in [-0.39, 0.29) is 18.5 Å². The van der Waals surface area contributed by atoms with Gasteiger partial charge in [0, 0.05) is 31.7 Å². The van der Waals surface area contributed by atoms with Gasteiger partial charge in [-0.3, -0.25) is 4.79 Å². The van der Waals surface area contributed by atoms with E-state index in [9.17, 15) is 9.18 Å². The minimum atomic E-state index is -0.218. The molecule has 1 N–H and O–H groups in total. The van der Waals surface area contributed by atoms with Crippen LogP contribution in [0, 0.1) is 11.7 Å². The molecule has 1 saturated heterocycles. The molecule has 2 aromatic carbocycles. The summed E-state index contributed by atoms with van der Waals surface area (Å²) in [5, 5.41) is 3.05. The third kappa shape index (κ3) is 4.32. The normalized spacial score (nSPS) is 18.0. The number of rotatable bonds is 6. The van der Waals surface area contributed by atoms with E-state index in [4.69, 9.17) is 9.47 Å². The van der Waals surface area contributed by atoms with E-state index in [0.29, 0.717) is 25.3 Å². The first-order valence-corrected chi connectivity index (χ1v) is 9.33. The lowest BCUT2D eigenvalue weighted by Gasteiger charge is -2.18. The zero-order valence-corrected chi connectivity index (χ0v) is 15.1. The Bertz CT molecular complexity index is 810. The molecule has 27 heavy (non-hydrogen) atoms. The summed E-state index contributed by atoms with van der Waals surface area (Å²) in [6, 6.07) is 12.4. The van der Waals surface area contributed by atoms with Gasteiger partial charge in [-0.1, -0.05) is 6.07 Å². The van der Waals surface area contributed by atoms with Gasteiger partial charge in [-0.25, -0.2) is 4.39 Å². The lowest BCUT2D eigenvalue weighted by Crippen LogP contribution is -2.31. The van der Waals surface area contributed by atoms with Crippen LogP contribution < -0.4 is 19.7 Å². The first-order chi connectivity index (χ1) is 13.2. The summed E-state index contributed by atoms with van der Waals surface area (Å²) in [7, 11) is 0. The third-order valence-corrected chi connectivity index (χ3v) is 5.14. The van der Waals surface area contributed by atoms with Gasteiger partial charge in [-0.2, -0.15) is 0 Å². The molecule has 6 heteroatoms. The molecule has 5 nitrogen and oxygen atoms in total. The number of benzene rings is 2. The summed E-state index contributed by atoms with van der Waals surface area (Å²) in [5.41, 5.74) is 2.10. The second kappa shape index (κ2) is 7.86. The van der Waals surface area contributed by atoms with Crippen LogP contribution in [0.4, 0.5) is 10.1 Å². The topological polar surface area (TPSA) is 50.8 Å². The zero-order chi connectivity index (χ0) is 18.6. The molecule has 1 unspecified atom stereocenters. The molecule has 1 amide bonds. The fourth-order valence-electron chi connectivity index (χ4n) is 3.59. The van der Waals surface area contributed by atoms with Crippen LogP contribution in [-0.2, 0) is 11.2 Å². The highest BCUT2D eigenvalue weighted by atomic mass is 19.1. The molecule has 0 spiro atoms. The van der Waals surface area contributed by atoms with E-state index in [1.165, 1.54) is 12.1 Å². The molecule has 0 aliphatic carbocycles. The van der Waals surface area contributed by atoms with Crippen molar-refractivity contribution < 1.29 is 18.7 Å². The van der Waals surface area contributed by atoms with Gasteiger partial charge in [0.2, 0.25) is 12.7 Å². The average molecular weight is 370 g/mol. The maximum Gasteiger partial charge on any atom is 0.231 e. The Morgan fingerprint density at radius 1 is 1.15 bits per heavy atom. The van der Waals surface area contributed by atoms with Crippen molar-refractivity contribution in [2.24, 2.45) is 5.92 Å². The smallest absolute Gasteiger partial charge is 0.231 e. The van der Waals surface area contributed by atoms with E-state index in [2.05, 4.69) is 10.2 Å². The number of anilines is 1. The number of hydrogen-bond acceptors (Lipinski definition) is 4. The first kappa shape index (κ1) is 17.6. The predicted octanol–water partition coefficient (Wildman–Crippen LogP) is 3.13. The van der Waals surface area contributed by atoms with E-state index in [1.54, 1.807) is 0 Å². The highest BCUT2D eigenvalue weighted by molar-refractivity contribution is 5.76. The van der Waals surface area contributed by atoms with Crippen molar-refractivity contribution in [2.45, 2.75) is 19.3 Å². The lowest BCUT2D eigenvalue weighted by molar-refractivity contribution is -0.121. The van der Waals surface area contributed by atoms with Gasteiger partial charge in [-0.05, 0) is 60.7 Å². The van der Waals surface area contributed by atoms with Crippen molar-refractivity contribution in [2.75, 3.05) is 31.3 Å². The van der Waals surface area contributed by atoms with E-state index in [0.717, 1.165) is 42.3 Å². The summed E-state index contributed by atoms with van der Waals surface area (Å²) < 4.78 is 23.7. The number of carbonyl (C=O) groups is 1. The molecule has 0 bridgehead atoms. The Labute approximate surface area is 158 Å². The van der Waals surface area contributed by atoms with Crippen LogP contribution >= 0.6 is 0 Å². The van der Waals surface area contributed by atoms with Gasteiger partial charge in [-0.15, -0.1) is 0 Å². The van der Waals surface area contributed by atoms with Crippen LogP contribution in [-0.4, -0.2) is 32.3 Å². The molecule has 0 saturated carbocycles. The standard InChI is InChI=1S/C21H23FN2O3/c22-17-3-5-18(6-4-17)24-10-9-16(13-24)12-23-21(25)8-2-15-1-7-19-20(11-15)27-14-26-19/h1,3-7,11,16H,2,8-10,12-14H2,(H,23,25). The number of carbonyl (C=O) groups excluding carboxylic acids is 1. The largest absolute Gasteiger partial charge is 0.454 e. The maximum atomic E-state index is 13.0. The SMILES string of the molecule is O=C(CCc1ccc2c(c1)OCO2)NCC1CCN(c2ccc(F)cc2)C1. The van der Waals surface area contributed by atoms with Crippen LogP contribution in [0.1, 0.15) is 18.4 Å². The fraction of sp³-hybridized carbons (Fsp3) is 0.381. The summed E-state index contributed by atoms with van der Waals surface area (Å²) in [6.45, 7) is 2.75. The second-order valence-electron chi connectivity index (χ2n) is 7.07. The van der Waals surface area contributed by atoms with Crippen molar-refractivity contribution in [1.82, 2.24) is 5.32 Å². The van der Waals surface area contributed by atoms with Crippen molar-refractivity contribution in [3.05, 3.63) is 53.8 Å². The molecule has 1 fully saturated rings. The monoisotopic (exact) mass is 370 g/mol. The number of hydrogen-bond donors (Lipinski definition) is 1. The number of halogens is 1. The van der Waals surface area contributed by atoms with Crippen LogP contribution in [0.2, 0.25) is 0 Å². The summed E-state index contributed by atoms with van der Waals surface area (Å²) in [5.74, 6) is 1.77. The number of fused-ring (bicyclic) bond motifs is 1. The third-order valence-electron chi connectivity index (χ3n) is 5.14. The lowest BCUT2D eigenvalue weighted by atomic mass is 10.1. The first-order valence-electron chi connectivity index (χ1n) is 9.33. The van der Waals surface area contributed by atoms with Crippen LogP contribution in [0.5, 0.6) is 11.5 Å². The van der Waals surface area contributed by atoms with Gasteiger partial charge < -0.3 is 19.7 Å². The number of amides is 1. The highest BCUT2D eigenvalue weighted by Crippen LogP contribution is 2.32. The number of aryl methyl sites for hydroxylation is 1. The van der Waals surface area contributed by atoms with Gasteiger partial charge in [0.1, 0.15) is 5.82 Å². The van der Waals surface area contributed by atoms with Crippen molar-refractivity contribution in [1.29, 1.82) is 0 Å². The maximum absolute atomic E-state index is 13.0. The molecular weight excluding hydrogens is 347 g/mol. The quantitative estimate of drug-likeness (QED) is 0.849. The molecule has 142 valence electrons. The van der Waals surface area contributed by atoms with Gasteiger partial charge in [0.25, 0.3) is 0 Å². The van der Waals surface area contributed by atoms with Gasteiger partial charge in [0.15, 0.2) is 11.5 Å². The average Bonchev–Trinajstić information content (AvgIpc) is 3.34. The van der Waals surface area contributed by atoms with Crippen LogP contribution in [0.25, 0.3) is 0 Å². The van der Waals surface area contributed by atoms with Crippen LogP contribution in [0.15, 0.2) is 42.5 Å². The van der Waals surface area contributed by atoms with Gasteiger partial charge >= 0.3 is 0 Å². The minimum absolute atomic E-state index is 0.0629. The Morgan fingerprint density at radius 3 is 2.81 bits per heavy atom. The molecule has 2 heterocycles. The Morgan fingerprint density at radius 2 is 1.96 bits per heavy atom. The minimum Gasteiger partial charge on any atom is -0.454 e. The number of nitrogens with zero attached hydrogens (tertiary/aromatic N) is 1. The molecule has 1 atom stereocenters.